The van der Waals surface area contributed by atoms with Crippen LogP contribution >= 0.6 is 0 Å². The van der Waals surface area contributed by atoms with Crippen molar-refractivity contribution in [1.29, 1.82) is 0 Å². The van der Waals surface area contributed by atoms with Crippen LogP contribution in [-0.2, 0) is 4.79 Å². The molecule has 4 nitrogen and oxygen atoms in total. The van der Waals surface area contributed by atoms with Gasteiger partial charge in [0, 0.05) is 18.8 Å². The Kier molecular flexibility index (Phi) is 4.77. The number of halogens is 3. The molecule has 1 aromatic carbocycles. The molecule has 0 aliphatic carbocycles. The summed E-state index contributed by atoms with van der Waals surface area (Å²) in [4.78, 5) is 13.5. The number of carbonyl (C=O) groups excluding carboxylic acids is 1. The molecule has 7 heteroatoms. The van der Waals surface area contributed by atoms with Gasteiger partial charge < -0.3 is 10.4 Å². The molecule has 1 heterocycles. The van der Waals surface area contributed by atoms with E-state index in [4.69, 9.17) is 0 Å². The van der Waals surface area contributed by atoms with Crippen LogP contribution in [0.3, 0.4) is 0 Å². The number of likely N-dealkylation sites (tertiary alicyclic amines) is 1. The van der Waals surface area contributed by atoms with Crippen molar-refractivity contribution in [3.8, 4) is 0 Å². The number of rotatable bonds is 3. The van der Waals surface area contributed by atoms with Crippen LogP contribution in [-0.4, -0.2) is 47.3 Å². The topological polar surface area (TPSA) is 52.6 Å². The number of nitrogens with zero attached hydrogens (tertiary/aromatic N) is 1. The Bertz CT molecular complexity index is 521. The normalized spacial score (nSPS) is 19.0. The largest absolute Gasteiger partial charge is 0.417 e. The van der Waals surface area contributed by atoms with E-state index in [0.29, 0.717) is 5.69 Å². The first-order chi connectivity index (χ1) is 10.2. The van der Waals surface area contributed by atoms with Gasteiger partial charge in [-0.25, -0.2) is 0 Å². The minimum Gasteiger partial charge on any atom is -0.380 e. The van der Waals surface area contributed by atoms with Gasteiger partial charge in [-0.2, -0.15) is 13.2 Å². The Morgan fingerprint density at radius 1 is 1.27 bits per heavy atom. The first-order valence-corrected chi connectivity index (χ1v) is 7.08. The molecule has 2 N–H and O–H groups in total. The number of piperidine rings is 1. The Balaban J connectivity index is 1.83. The summed E-state index contributed by atoms with van der Waals surface area (Å²) in [5, 5.41) is 12.3. The highest BCUT2D eigenvalue weighted by Crippen LogP contribution is 2.38. The van der Waals surface area contributed by atoms with Gasteiger partial charge in [0.1, 0.15) is 0 Å². The summed E-state index contributed by atoms with van der Waals surface area (Å²) in [7, 11) is 0. The number of aryl methyl sites for hydroxylation is 1. The number of hydrogen-bond acceptors (Lipinski definition) is 3. The number of carbonyl (C=O) groups is 1. The van der Waals surface area contributed by atoms with E-state index in [1.807, 2.05) is 19.1 Å². The fourth-order valence-electron chi connectivity index (χ4n) is 2.41. The monoisotopic (exact) mass is 316 g/mol. The van der Waals surface area contributed by atoms with E-state index in [9.17, 15) is 23.1 Å². The van der Waals surface area contributed by atoms with Gasteiger partial charge in [0.15, 0.2) is 5.60 Å². The van der Waals surface area contributed by atoms with Gasteiger partial charge in [-0.15, -0.1) is 0 Å². The number of anilines is 1. The predicted molar refractivity (Wildman–Crippen MR) is 76.5 cm³/mol. The molecule has 0 radical (unpaired) electrons. The molecule has 1 amide bonds. The van der Waals surface area contributed by atoms with Crippen molar-refractivity contribution < 1.29 is 23.1 Å². The summed E-state index contributed by atoms with van der Waals surface area (Å²) in [6, 6.07) is 7.26. The fraction of sp³-hybridized carbons (Fsp3) is 0.533. The lowest BCUT2D eigenvalue weighted by molar-refractivity contribution is -0.272. The van der Waals surface area contributed by atoms with Crippen molar-refractivity contribution >= 4 is 11.6 Å². The molecule has 0 atom stereocenters. The van der Waals surface area contributed by atoms with Crippen LogP contribution in [0.2, 0.25) is 0 Å². The van der Waals surface area contributed by atoms with Crippen LogP contribution < -0.4 is 5.32 Å². The molecule has 0 unspecified atom stereocenters. The van der Waals surface area contributed by atoms with E-state index in [2.05, 4.69) is 5.32 Å². The Morgan fingerprint density at radius 2 is 1.82 bits per heavy atom. The van der Waals surface area contributed by atoms with E-state index in [1.165, 1.54) is 0 Å². The summed E-state index contributed by atoms with van der Waals surface area (Å²) >= 11 is 0. The van der Waals surface area contributed by atoms with E-state index >= 15 is 0 Å². The van der Waals surface area contributed by atoms with Crippen LogP contribution in [0.5, 0.6) is 0 Å². The van der Waals surface area contributed by atoms with Crippen molar-refractivity contribution in [3.05, 3.63) is 29.8 Å². The van der Waals surface area contributed by atoms with Crippen LogP contribution in [0, 0.1) is 6.92 Å². The zero-order chi connectivity index (χ0) is 16.4. The van der Waals surface area contributed by atoms with E-state index in [1.54, 1.807) is 17.0 Å². The molecule has 1 fully saturated rings. The quantitative estimate of drug-likeness (QED) is 0.900. The zero-order valence-electron chi connectivity index (χ0n) is 12.3. The lowest BCUT2D eigenvalue weighted by Gasteiger charge is -2.38. The standard InChI is InChI=1S/C15H19F3N2O2/c1-11-2-4-12(5-3-11)19-13(21)10-20-8-6-14(22,7-9-20)15(16,17)18/h2-5,22H,6-10H2,1H3,(H,19,21). The van der Waals surface area contributed by atoms with Crippen LogP contribution in [0.25, 0.3) is 0 Å². The van der Waals surface area contributed by atoms with Gasteiger partial charge in [-0.05, 0) is 31.9 Å². The van der Waals surface area contributed by atoms with Crippen molar-refractivity contribution in [2.75, 3.05) is 25.0 Å². The molecule has 1 aliphatic rings. The summed E-state index contributed by atoms with van der Waals surface area (Å²) in [5.74, 6) is -0.277. The SMILES string of the molecule is Cc1ccc(NC(=O)CN2CCC(O)(C(F)(F)F)CC2)cc1. The van der Waals surface area contributed by atoms with Crippen LogP contribution in [0.1, 0.15) is 18.4 Å². The van der Waals surface area contributed by atoms with E-state index < -0.39 is 24.6 Å². The molecule has 0 bridgehead atoms. The molecule has 1 aliphatic heterocycles. The average molecular weight is 316 g/mol. The van der Waals surface area contributed by atoms with Gasteiger partial charge in [0.2, 0.25) is 5.91 Å². The first-order valence-electron chi connectivity index (χ1n) is 7.08. The number of hydrogen-bond donors (Lipinski definition) is 2. The Labute approximate surface area is 126 Å². The van der Waals surface area contributed by atoms with E-state index in [-0.39, 0.29) is 25.5 Å². The van der Waals surface area contributed by atoms with E-state index in [0.717, 1.165) is 5.56 Å². The number of alkyl halides is 3. The summed E-state index contributed by atoms with van der Waals surface area (Å²) in [5.41, 5.74) is -0.906. The van der Waals surface area contributed by atoms with Crippen molar-refractivity contribution in [3.63, 3.8) is 0 Å². The number of benzene rings is 1. The van der Waals surface area contributed by atoms with Gasteiger partial charge >= 0.3 is 6.18 Å². The average Bonchev–Trinajstić information content (AvgIpc) is 2.43. The molecular weight excluding hydrogens is 297 g/mol. The summed E-state index contributed by atoms with van der Waals surface area (Å²) in [6.45, 7) is 2.03. The fourth-order valence-corrected chi connectivity index (χ4v) is 2.41. The Hall–Kier alpha value is -1.60. The second-order valence-corrected chi connectivity index (χ2v) is 5.72. The molecule has 0 saturated carbocycles. The second-order valence-electron chi connectivity index (χ2n) is 5.72. The molecule has 22 heavy (non-hydrogen) atoms. The van der Waals surface area contributed by atoms with Crippen molar-refractivity contribution in [2.45, 2.75) is 31.5 Å². The predicted octanol–water partition coefficient (Wildman–Crippen LogP) is 2.32. The minimum absolute atomic E-state index is 0.0157. The third-order valence-electron chi connectivity index (χ3n) is 3.91. The molecule has 0 aromatic heterocycles. The van der Waals surface area contributed by atoms with Crippen molar-refractivity contribution in [2.24, 2.45) is 0 Å². The maximum Gasteiger partial charge on any atom is 0.417 e. The summed E-state index contributed by atoms with van der Waals surface area (Å²) < 4.78 is 38.1. The molecule has 1 saturated heterocycles. The van der Waals surface area contributed by atoms with Crippen LogP contribution in [0.15, 0.2) is 24.3 Å². The van der Waals surface area contributed by atoms with Gasteiger partial charge in [0.25, 0.3) is 0 Å². The maximum absolute atomic E-state index is 12.7. The molecule has 2 rings (SSSR count). The number of amides is 1. The highest BCUT2D eigenvalue weighted by Gasteiger charge is 2.54. The highest BCUT2D eigenvalue weighted by atomic mass is 19.4. The van der Waals surface area contributed by atoms with Gasteiger partial charge in [-0.3, -0.25) is 9.69 Å². The summed E-state index contributed by atoms with van der Waals surface area (Å²) in [6.07, 6.45) is -5.44. The third kappa shape index (κ3) is 3.98. The third-order valence-corrected chi connectivity index (χ3v) is 3.91. The lowest BCUT2D eigenvalue weighted by Crippen LogP contribution is -2.54. The van der Waals surface area contributed by atoms with Gasteiger partial charge in [0.05, 0.1) is 6.54 Å². The number of aliphatic hydroxyl groups is 1. The van der Waals surface area contributed by atoms with Gasteiger partial charge in [-0.1, -0.05) is 17.7 Å². The molecule has 0 spiro atoms. The maximum atomic E-state index is 12.7. The molecule has 1 aromatic rings. The second kappa shape index (κ2) is 6.26. The highest BCUT2D eigenvalue weighted by molar-refractivity contribution is 5.92. The van der Waals surface area contributed by atoms with Crippen LogP contribution in [0.4, 0.5) is 18.9 Å². The zero-order valence-corrected chi connectivity index (χ0v) is 12.3. The minimum atomic E-state index is -4.62. The number of nitrogens with one attached hydrogen (secondary N) is 1. The lowest BCUT2D eigenvalue weighted by atomic mass is 9.91. The molecular formula is C15H19F3N2O2. The first kappa shape index (κ1) is 16.8. The van der Waals surface area contributed by atoms with Crippen molar-refractivity contribution in [1.82, 2.24) is 4.90 Å². The smallest absolute Gasteiger partial charge is 0.380 e. The Morgan fingerprint density at radius 3 is 2.32 bits per heavy atom. The molecule has 122 valence electrons.